The molecule has 2 amide bonds. The SMILES string of the molecule is COc1cc(CN(C(=O)Nc2ccc(F)cc2)C2CC2)ccc1O. The average molecular weight is 330 g/mol. The fourth-order valence-corrected chi connectivity index (χ4v) is 2.50. The van der Waals surface area contributed by atoms with E-state index in [-0.39, 0.29) is 23.6 Å². The molecule has 1 aliphatic carbocycles. The Balaban J connectivity index is 1.72. The van der Waals surface area contributed by atoms with Gasteiger partial charge in [0.1, 0.15) is 5.82 Å². The third kappa shape index (κ3) is 3.76. The summed E-state index contributed by atoms with van der Waals surface area (Å²) in [5, 5.41) is 12.5. The van der Waals surface area contributed by atoms with E-state index >= 15 is 0 Å². The molecule has 0 radical (unpaired) electrons. The summed E-state index contributed by atoms with van der Waals surface area (Å²) in [5.74, 6) is 0.0976. The van der Waals surface area contributed by atoms with Gasteiger partial charge in [-0.3, -0.25) is 0 Å². The first-order chi connectivity index (χ1) is 11.6. The molecule has 1 saturated carbocycles. The molecule has 0 bridgehead atoms. The van der Waals surface area contributed by atoms with Crippen molar-refractivity contribution in [3.05, 3.63) is 53.8 Å². The molecule has 0 unspecified atom stereocenters. The lowest BCUT2D eigenvalue weighted by atomic mass is 10.2. The predicted octanol–water partition coefficient (Wildman–Crippen LogP) is 3.74. The average Bonchev–Trinajstić information content (AvgIpc) is 3.41. The number of rotatable bonds is 5. The topological polar surface area (TPSA) is 61.8 Å². The normalized spacial score (nSPS) is 13.4. The van der Waals surface area contributed by atoms with Crippen molar-refractivity contribution >= 4 is 11.7 Å². The van der Waals surface area contributed by atoms with Gasteiger partial charge in [0.2, 0.25) is 0 Å². The van der Waals surface area contributed by atoms with E-state index in [2.05, 4.69) is 5.32 Å². The number of carbonyl (C=O) groups is 1. The zero-order valence-corrected chi connectivity index (χ0v) is 13.3. The number of anilines is 1. The highest BCUT2D eigenvalue weighted by Gasteiger charge is 2.32. The van der Waals surface area contributed by atoms with Crippen LogP contribution in [0.25, 0.3) is 0 Å². The number of halogens is 1. The Bertz CT molecular complexity index is 730. The third-order valence-corrected chi connectivity index (χ3v) is 3.94. The van der Waals surface area contributed by atoms with E-state index in [1.54, 1.807) is 23.1 Å². The Labute approximate surface area is 139 Å². The van der Waals surface area contributed by atoms with Gasteiger partial charge in [-0.25, -0.2) is 9.18 Å². The van der Waals surface area contributed by atoms with E-state index in [0.29, 0.717) is 18.0 Å². The predicted molar refractivity (Wildman–Crippen MR) is 88.6 cm³/mol. The van der Waals surface area contributed by atoms with E-state index in [1.807, 2.05) is 0 Å². The number of phenols is 1. The highest BCUT2D eigenvalue weighted by Crippen LogP contribution is 2.31. The molecular weight excluding hydrogens is 311 g/mol. The largest absolute Gasteiger partial charge is 0.504 e. The lowest BCUT2D eigenvalue weighted by Gasteiger charge is -2.23. The highest BCUT2D eigenvalue weighted by molar-refractivity contribution is 5.89. The van der Waals surface area contributed by atoms with Crippen LogP contribution >= 0.6 is 0 Å². The van der Waals surface area contributed by atoms with Crippen molar-refractivity contribution in [2.75, 3.05) is 12.4 Å². The quantitative estimate of drug-likeness (QED) is 0.878. The van der Waals surface area contributed by atoms with Crippen LogP contribution in [0.5, 0.6) is 11.5 Å². The molecule has 3 rings (SSSR count). The molecule has 1 aliphatic rings. The van der Waals surface area contributed by atoms with Crippen LogP contribution in [0.4, 0.5) is 14.9 Å². The molecule has 126 valence electrons. The maximum absolute atomic E-state index is 13.0. The Morgan fingerprint density at radius 3 is 2.62 bits per heavy atom. The Morgan fingerprint density at radius 2 is 2.00 bits per heavy atom. The number of amides is 2. The van der Waals surface area contributed by atoms with E-state index < -0.39 is 0 Å². The number of methoxy groups -OCH3 is 1. The first kappa shape index (κ1) is 16.1. The minimum Gasteiger partial charge on any atom is -0.504 e. The third-order valence-electron chi connectivity index (χ3n) is 3.94. The summed E-state index contributed by atoms with van der Waals surface area (Å²) in [6.07, 6.45) is 1.93. The molecule has 2 aromatic carbocycles. The summed E-state index contributed by atoms with van der Waals surface area (Å²) >= 11 is 0. The van der Waals surface area contributed by atoms with Crippen LogP contribution in [0.3, 0.4) is 0 Å². The second-order valence-corrected chi connectivity index (χ2v) is 5.80. The monoisotopic (exact) mass is 330 g/mol. The molecule has 5 nitrogen and oxygen atoms in total. The Kier molecular flexibility index (Phi) is 4.55. The van der Waals surface area contributed by atoms with Crippen molar-refractivity contribution in [1.29, 1.82) is 0 Å². The van der Waals surface area contributed by atoms with Gasteiger partial charge in [-0.2, -0.15) is 0 Å². The molecule has 6 heteroatoms. The van der Waals surface area contributed by atoms with Crippen molar-refractivity contribution in [2.45, 2.75) is 25.4 Å². The maximum atomic E-state index is 13.0. The number of carbonyl (C=O) groups excluding carboxylic acids is 1. The summed E-state index contributed by atoms with van der Waals surface area (Å²) < 4.78 is 18.1. The molecular formula is C18H19FN2O3. The molecule has 0 atom stereocenters. The summed E-state index contributed by atoms with van der Waals surface area (Å²) in [6.45, 7) is 0.411. The Morgan fingerprint density at radius 1 is 1.29 bits per heavy atom. The van der Waals surface area contributed by atoms with Gasteiger partial charge in [0, 0.05) is 18.3 Å². The number of hydrogen-bond donors (Lipinski definition) is 2. The standard InChI is InChI=1S/C18H19FN2O3/c1-24-17-10-12(2-9-16(17)22)11-21(15-7-8-15)18(23)20-14-5-3-13(19)4-6-14/h2-6,9-10,15,22H,7-8,11H2,1H3,(H,20,23). The number of nitrogens with one attached hydrogen (secondary N) is 1. The molecule has 2 N–H and O–H groups in total. The fraction of sp³-hybridized carbons (Fsp3) is 0.278. The lowest BCUT2D eigenvalue weighted by molar-refractivity contribution is 0.206. The maximum Gasteiger partial charge on any atom is 0.322 e. The summed E-state index contributed by atoms with van der Waals surface area (Å²) in [6, 6.07) is 10.7. The molecule has 1 fully saturated rings. The zero-order valence-electron chi connectivity index (χ0n) is 13.3. The number of urea groups is 1. The number of hydrogen-bond acceptors (Lipinski definition) is 3. The van der Waals surface area contributed by atoms with Crippen LogP contribution in [0.2, 0.25) is 0 Å². The smallest absolute Gasteiger partial charge is 0.322 e. The van der Waals surface area contributed by atoms with Crippen LogP contribution in [-0.4, -0.2) is 29.2 Å². The van der Waals surface area contributed by atoms with Gasteiger partial charge in [0.15, 0.2) is 11.5 Å². The zero-order chi connectivity index (χ0) is 17.1. The van der Waals surface area contributed by atoms with Crippen molar-refractivity contribution in [1.82, 2.24) is 4.90 Å². The second kappa shape index (κ2) is 6.78. The van der Waals surface area contributed by atoms with Crippen molar-refractivity contribution in [3.8, 4) is 11.5 Å². The fourth-order valence-electron chi connectivity index (χ4n) is 2.50. The van der Waals surface area contributed by atoms with Gasteiger partial charge in [-0.05, 0) is 54.8 Å². The number of ether oxygens (including phenoxy) is 1. The van der Waals surface area contributed by atoms with Crippen molar-refractivity contribution in [3.63, 3.8) is 0 Å². The second-order valence-electron chi connectivity index (χ2n) is 5.80. The number of aromatic hydroxyl groups is 1. The van der Waals surface area contributed by atoms with Crippen LogP contribution in [0, 0.1) is 5.82 Å². The van der Waals surface area contributed by atoms with Crippen LogP contribution in [0.15, 0.2) is 42.5 Å². The van der Waals surface area contributed by atoms with Gasteiger partial charge in [0.05, 0.1) is 7.11 Å². The summed E-state index contributed by atoms with van der Waals surface area (Å²) in [5.41, 5.74) is 1.42. The van der Waals surface area contributed by atoms with Crippen LogP contribution < -0.4 is 10.1 Å². The van der Waals surface area contributed by atoms with E-state index in [4.69, 9.17) is 4.74 Å². The minimum absolute atomic E-state index is 0.0648. The Hall–Kier alpha value is -2.76. The number of nitrogens with zero attached hydrogens (tertiary/aromatic N) is 1. The van der Waals surface area contributed by atoms with Gasteiger partial charge in [-0.15, -0.1) is 0 Å². The molecule has 0 heterocycles. The summed E-state index contributed by atoms with van der Waals surface area (Å²) in [4.78, 5) is 14.3. The molecule has 0 spiro atoms. The van der Waals surface area contributed by atoms with E-state index in [0.717, 1.165) is 18.4 Å². The molecule has 0 saturated heterocycles. The van der Waals surface area contributed by atoms with Crippen LogP contribution in [-0.2, 0) is 6.54 Å². The van der Waals surface area contributed by atoms with Crippen molar-refractivity contribution < 1.29 is 19.0 Å². The molecule has 24 heavy (non-hydrogen) atoms. The van der Waals surface area contributed by atoms with Gasteiger partial charge >= 0.3 is 6.03 Å². The van der Waals surface area contributed by atoms with Crippen LogP contribution in [0.1, 0.15) is 18.4 Å². The molecule has 2 aromatic rings. The van der Waals surface area contributed by atoms with E-state index in [9.17, 15) is 14.3 Å². The molecule has 0 aromatic heterocycles. The number of phenolic OH excluding ortho intramolecular Hbond substituents is 1. The number of benzene rings is 2. The first-order valence-electron chi connectivity index (χ1n) is 7.76. The minimum atomic E-state index is -0.344. The van der Waals surface area contributed by atoms with Gasteiger partial charge in [0.25, 0.3) is 0 Å². The van der Waals surface area contributed by atoms with Gasteiger partial charge < -0.3 is 20.1 Å². The highest BCUT2D eigenvalue weighted by atomic mass is 19.1. The first-order valence-corrected chi connectivity index (χ1v) is 7.76. The van der Waals surface area contributed by atoms with E-state index in [1.165, 1.54) is 31.4 Å². The van der Waals surface area contributed by atoms with Gasteiger partial charge in [-0.1, -0.05) is 6.07 Å². The molecule has 0 aliphatic heterocycles. The summed E-state index contributed by atoms with van der Waals surface area (Å²) in [7, 11) is 1.48. The lowest BCUT2D eigenvalue weighted by Crippen LogP contribution is -2.36. The van der Waals surface area contributed by atoms with Crippen molar-refractivity contribution in [2.24, 2.45) is 0 Å².